The summed E-state index contributed by atoms with van der Waals surface area (Å²) in [6.45, 7) is 11.0. The molecule has 5 nitrogen and oxygen atoms in total. The van der Waals surface area contributed by atoms with E-state index in [1.54, 1.807) is 6.08 Å². The van der Waals surface area contributed by atoms with E-state index in [1.807, 2.05) is 6.08 Å². The van der Waals surface area contributed by atoms with Gasteiger partial charge in [-0.25, -0.2) is 0 Å². The molecule has 4 aliphatic carbocycles. The van der Waals surface area contributed by atoms with E-state index in [0.717, 1.165) is 24.8 Å². The Kier molecular flexibility index (Phi) is 7.25. The lowest BCUT2D eigenvalue weighted by Gasteiger charge is -2.59. The molecule has 0 spiro atoms. The second kappa shape index (κ2) is 9.46. The number of hydrogen-bond donors (Lipinski definition) is 4. The Hall–Kier alpha value is -1.01. The first kappa shape index (κ1) is 26.1. The zero-order valence-corrected chi connectivity index (χ0v) is 21.7. The van der Waals surface area contributed by atoms with Crippen molar-refractivity contribution in [3.63, 3.8) is 0 Å². The SMILES string of the molecule is CC(C)/C(=C\CO)CC[C@@H](C)[C@H]1C[C@@H](O)[C@H]2[C@@H]3C(=O)C=C4C[C@@H](O)CC[C@]4(C)[C@@H]3[C@H](O)C[C@@]21C. The van der Waals surface area contributed by atoms with E-state index in [0.29, 0.717) is 37.5 Å². The van der Waals surface area contributed by atoms with Crippen LogP contribution < -0.4 is 0 Å². The molecule has 0 heterocycles. The van der Waals surface area contributed by atoms with Crippen molar-refractivity contribution in [1.82, 2.24) is 0 Å². The van der Waals surface area contributed by atoms with Gasteiger partial charge >= 0.3 is 0 Å². The van der Waals surface area contributed by atoms with Gasteiger partial charge in [-0.1, -0.05) is 51.8 Å². The van der Waals surface area contributed by atoms with Gasteiger partial charge in [0.2, 0.25) is 0 Å². The van der Waals surface area contributed by atoms with Crippen molar-refractivity contribution >= 4 is 5.78 Å². The maximum Gasteiger partial charge on any atom is 0.159 e. The molecule has 192 valence electrons. The highest BCUT2D eigenvalue weighted by Crippen LogP contribution is 2.66. The average molecular weight is 475 g/mol. The molecule has 0 aromatic heterocycles. The highest BCUT2D eigenvalue weighted by molar-refractivity contribution is 5.94. The maximum absolute atomic E-state index is 13.5. The molecular formula is C29H46O5. The number of fused-ring (bicyclic) bond motifs is 5. The van der Waals surface area contributed by atoms with Gasteiger partial charge in [-0.3, -0.25) is 4.79 Å². The molecule has 0 saturated heterocycles. The van der Waals surface area contributed by atoms with Crippen LogP contribution in [0.4, 0.5) is 0 Å². The Morgan fingerprint density at radius 3 is 2.50 bits per heavy atom. The molecule has 5 heteroatoms. The predicted molar refractivity (Wildman–Crippen MR) is 133 cm³/mol. The van der Waals surface area contributed by atoms with Gasteiger partial charge in [0.25, 0.3) is 0 Å². The van der Waals surface area contributed by atoms with E-state index in [2.05, 4.69) is 34.6 Å². The highest BCUT2D eigenvalue weighted by Gasteiger charge is 2.66. The Labute approximate surface area is 205 Å². The van der Waals surface area contributed by atoms with Crippen LogP contribution in [-0.2, 0) is 4.79 Å². The largest absolute Gasteiger partial charge is 0.393 e. The van der Waals surface area contributed by atoms with Crippen LogP contribution in [-0.4, -0.2) is 51.1 Å². The normalized spacial score (nSPS) is 45.5. The number of aliphatic hydroxyl groups is 4. The van der Waals surface area contributed by atoms with Crippen LogP contribution in [0, 0.1) is 46.3 Å². The molecule has 3 fully saturated rings. The fraction of sp³-hybridized carbons (Fsp3) is 0.828. The van der Waals surface area contributed by atoms with Crippen molar-refractivity contribution in [3.8, 4) is 0 Å². The smallest absolute Gasteiger partial charge is 0.159 e. The third-order valence-electron chi connectivity index (χ3n) is 10.6. The summed E-state index contributed by atoms with van der Waals surface area (Å²) in [5, 5.41) is 42.6. The van der Waals surface area contributed by atoms with Crippen molar-refractivity contribution in [3.05, 3.63) is 23.3 Å². The topological polar surface area (TPSA) is 98.0 Å². The van der Waals surface area contributed by atoms with Crippen molar-refractivity contribution in [2.24, 2.45) is 46.3 Å². The number of carbonyl (C=O) groups is 1. The molecule has 0 amide bonds. The van der Waals surface area contributed by atoms with E-state index in [9.17, 15) is 25.2 Å². The summed E-state index contributed by atoms with van der Waals surface area (Å²) >= 11 is 0. The number of carbonyl (C=O) groups excluding carboxylic acids is 1. The third kappa shape index (κ3) is 4.15. The van der Waals surface area contributed by atoms with Gasteiger partial charge in [0.05, 0.1) is 24.9 Å². The zero-order chi connectivity index (χ0) is 25.0. The molecular weight excluding hydrogens is 428 g/mol. The number of aliphatic hydroxyl groups excluding tert-OH is 4. The van der Waals surface area contributed by atoms with Gasteiger partial charge < -0.3 is 20.4 Å². The molecule has 4 N–H and O–H groups in total. The van der Waals surface area contributed by atoms with Crippen LogP contribution in [0.25, 0.3) is 0 Å². The van der Waals surface area contributed by atoms with Gasteiger partial charge in [-0.15, -0.1) is 0 Å². The molecule has 0 unspecified atom stereocenters. The van der Waals surface area contributed by atoms with Crippen molar-refractivity contribution in [1.29, 1.82) is 0 Å². The predicted octanol–water partition coefficient (Wildman–Crippen LogP) is 4.04. The van der Waals surface area contributed by atoms with Crippen LogP contribution in [0.15, 0.2) is 23.3 Å². The summed E-state index contributed by atoms with van der Waals surface area (Å²) in [6.07, 6.45) is 7.34. The van der Waals surface area contributed by atoms with Crippen LogP contribution in [0.1, 0.15) is 79.6 Å². The molecule has 0 aromatic rings. The average Bonchev–Trinajstić information content (AvgIpc) is 3.01. The number of rotatable bonds is 6. The number of ketones is 1. The lowest BCUT2D eigenvalue weighted by Crippen LogP contribution is -2.60. The van der Waals surface area contributed by atoms with Gasteiger partial charge in [0, 0.05) is 17.8 Å². The second-order valence-electron chi connectivity index (χ2n) is 12.8. The van der Waals surface area contributed by atoms with Crippen LogP contribution in [0.2, 0.25) is 0 Å². The monoisotopic (exact) mass is 474 g/mol. The molecule has 10 atom stereocenters. The molecule has 4 rings (SSSR count). The summed E-state index contributed by atoms with van der Waals surface area (Å²) < 4.78 is 0. The summed E-state index contributed by atoms with van der Waals surface area (Å²) in [5.41, 5.74) is 1.69. The molecule has 34 heavy (non-hydrogen) atoms. The summed E-state index contributed by atoms with van der Waals surface area (Å²) in [6, 6.07) is 0. The van der Waals surface area contributed by atoms with Gasteiger partial charge in [0.1, 0.15) is 0 Å². The van der Waals surface area contributed by atoms with Gasteiger partial charge in [0.15, 0.2) is 5.78 Å². The summed E-state index contributed by atoms with van der Waals surface area (Å²) in [5.74, 6) is 0.343. The Bertz CT molecular complexity index is 845. The first-order valence-electron chi connectivity index (χ1n) is 13.5. The Morgan fingerprint density at radius 2 is 1.85 bits per heavy atom. The van der Waals surface area contributed by atoms with Crippen molar-refractivity contribution in [2.45, 2.75) is 97.9 Å². The van der Waals surface area contributed by atoms with Crippen LogP contribution in [0.5, 0.6) is 0 Å². The number of allylic oxidation sites excluding steroid dienone is 2. The van der Waals surface area contributed by atoms with E-state index < -0.39 is 18.3 Å². The van der Waals surface area contributed by atoms with Crippen molar-refractivity contribution in [2.75, 3.05) is 6.61 Å². The quantitative estimate of drug-likeness (QED) is 0.436. The first-order valence-corrected chi connectivity index (χ1v) is 13.5. The molecule has 0 bridgehead atoms. The standard InChI is InChI=1S/C29H46O5/c1-16(2)18(9-11-30)7-6-17(3)21-14-23(33)26-25-22(32)13-19-12-20(31)8-10-28(19,4)27(25)24(34)15-29(21,26)5/h9,13,16-17,20-21,23-27,30-31,33-34H,6-8,10-12,14-15H2,1-5H3/b18-9-/t17-,20+,21-,23-,24-,25+,26+,27-,28+,29-/m1/s1. The zero-order valence-electron chi connectivity index (χ0n) is 21.7. The minimum atomic E-state index is -0.584. The van der Waals surface area contributed by atoms with Gasteiger partial charge in [-0.05, 0) is 79.6 Å². The molecule has 0 radical (unpaired) electrons. The molecule has 3 saturated carbocycles. The first-order chi connectivity index (χ1) is 15.9. The highest BCUT2D eigenvalue weighted by atomic mass is 16.3. The maximum atomic E-state index is 13.5. The summed E-state index contributed by atoms with van der Waals surface area (Å²) in [4.78, 5) is 13.5. The van der Waals surface area contributed by atoms with E-state index in [-0.39, 0.29) is 46.9 Å². The van der Waals surface area contributed by atoms with E-state index >= 15 is 0 Å². The third-order valence-corrected chi connectivity index (χ3v) is 10.6. The minimum Gasteiger partial charge on any atom is -0.393 e. The lowest BCUT2D eigenvalue weighted by molar-refractivity contribution is -0.161. The van der Waals surface area contributed by atoms with Crippen LogP contribution >= 0.6 is 0 Å². The van der Waals surface area contributed by atoms with Crippen molar-refractivity contribution < 1.29 is 25.2 Å². The number of hydrogen-bond acceptors (Lipinski definition) is 5. The Morgan fingerprint density at radius 1 is 1.15 bits per heavy atom. The summed E-state index contributed by atoms with van der Waals surface area (Å²) in [7, 11) is 0. The fourth-order valence-corrected chi connectivity index (χ4v) is 8.82. The molecule has 0 aromatic carbocycles. The molecule has 0 aliphatic heterocycles. The fourth-order valence-electron chi connectivity index (χ4n) is 8.82. The lowest BCUT2D eigenvalue weighted by atomic mass is 9.45. The van der Waals surface area contributed by atoms with E-state index in [1.165, 1.54) is 5.57 Å². The second-order valence-corrected chi connectivity index (χ2v) is 12.8. The van der Waals surface area contributed by atoms with Crippen LogP contribution in [0.3, 0.4) is 0 Å². The minimum absolute atomic E-state index is 0.0434. The van der Waals surface area contributed by atoms with Gasteiger partial charge in [-0.2, -0.15) is 0 Å². The molecule has 4 aliphatic rings. The van der Waals surface area contributed by atoms with E-state index in [4.69, 9.17) is 0 Å². The Balaban J connectivity index is 1.61.